The van der Waals surface area contributed by atoms with Crippen LogP contribution in [0.15, 0.2) is 45.6 Å². The van der Waals surface area contributed by atoms with E-state index in [0.29, 0.717) is 28.0 Å². The van der Waals surface area contributed by atoms with Gasteiger partial charge in [0.1, 0.15) is 23.5 Å². The molecule has 0 aliphatic heterocycles. The van der Waals surface area contributed by atoms with Crippen molar-refractivity contribution in [3.05, 3.63) is 63.5 Å². The van der Waals surface area contributed by atoms with Gasteiger partial charge in [0.25, 0.3) is 0 Å². The molecule has 0 saturated heterocycles. The lowest BCUT2D eigenvalue weighted by Gasteiger charge is -2.14. The van der Waals surface area contributed by atoms with Crippen LogP contribution in [0.2, 0.25) is 0 Å². The number of rotatable bonds is 6. The molecule has 0 spiro atoms. The van der Waals surface area contributed by atoms with E-state index in [-0.39, 0.29) is 17.9 Å². The summed E-state index contributed by atoms with van der Waals surface area (Å²) in [6, 6.07) is 9.83. The number of carbonyl (C=O) groups excluding carboxylic acids is 1. The van der Waals surface area contributed by atoms with E-state index in [1.54, 1.807) is 12.1 Å². The van der Waals surface area contributed by atoms with Gasteiger partial charge in [-0.05, 0) is 18.6 Å². The third kappa shape index (κ3) is 3.78. The van der Waals surface area contributed by atoms with Gasteiger partial charge in [-0.3, -0.25) is 0 Å². The summed E-state index contributed by atoms with van der Waals surface area (Å²) in [5, 5.41) is 0.706. The number of carbonyl (C=O) groups is 1. The van der Waals surface area contributed by atoms with Gasteiger partial charge in [-0.1, -0.05) is 12.1 Å². The first-order valence-electron chi connectivity index (χ1n) is 8.47. The molecule has 0 aliphatic rings. The molecule has 0 N–H and O–H groups in total. The van der Waals surface area contributed by atoms with Gasteiger partial charge in [0.05, 0.1) is 21.3 Å². The topological polar surface area (TPSA) is 84.2 Å². The van der Waals surface area contributed by atoms with Crippen LogP contribution >= 0.6 is 0 Å². The normalized spacial score (nSPS) is 10.6. The first kappa shape index (κ1) is 19.3. The van der Waals surface area contributed by atoms with Crippen LogP contribution in [0.1, 0.15) is 21.5 Å². The first-order chi connectivity index (χ1) is 13.5. The lowest BCUT2D eigenvalue weighted by atomic mass is 10.1. The molecule has 3 rings (SSSR count). The highest BCUT2D eigenvalue weighted by Gasteiger charge is 2.19. The first-order valence-corrected chi connectivity index (χ1v) is 8.47. The fourth-order valence-electron chi connectivity index (χ4n) is 2.87. The quantitative estimate of drug-likeness (QED) is 0.475. The van der Waals surface area contributed by atoms with Crippen molar-refractivity contribution >= 4 is 16.9 Å². The molecule has 0 radical (unpaired) electrons. The van der Waals surface area contributed by atoms with Crippen molar-refractivity contribution in [2.24, 2.45) is 0 Å². The number of hydrogen-bond donors (Lipinski definition) is 0. The summed E-state index contributed by atoms with van der Waals surface area (Å²) >= 11 is 0. The summed E-state index contributed by atoms with van der Waals surface area (Å²) in [7, 11) is 4.40. The highest BCUT2D eigenvalue weighted by Crippen LogP contribution is 2.35. The van der Waals surface area contributed by atoms with Crippen molar-refractivity contribution in [1.82, 2.24) is 0 Å². The molecule has 0 unspecified atom stereocenters. The minimum atomic E-state index is -0.619. The molecule has 0 atom stereocenters. The standard InChI is InChI=1S/C21H20O7/c1-12-5-6-14-13(8-20(22)28-17(14)7-12)11-27-21(23)15-9-18(25-3)19(26-4)10-16(15)24-2/h5-10H,11H2,1-4H3. The summed E-state index contributed by atoms with van der Waals surface area (Å²) in [6.07, 6.45) is 0. The SMILES string of the molecule is COc1cc(OC)c(C(=O)OCc2cc(=O)oc3cc(C)ccc23)cc1OC. The van der Waals surface area contributed by atoms with E-state index in [4.69, 9.17) is 23.4 Å². The van der Waals surface area contributed by atoms with Crippen LogP contribution in [0.25, 0.3) is 11.0 Å². The van der Waals surface area contributed by atoms with E-state index in [0.717, 1.165) is 5.56 Å². The smallest absolute Gasteiger partial charge is 0.342 e. The van der Waals surface area contributed by atoms with E-state index < -0.39 is 11.6 Å². The molecule has 0 amide bonds. The fraction of sp³-hybridized carbons (Fsp3) is 0.238. The van der Waals surface area contributed by atoms with Gasteiger partial charge in [0, 0.05) is 29.1 Å². The monoisotopic (exact) mass is 384 g/mol. The Kier molecular flexibility index (Phi) is 5.54. The average molecular weight is 384 g/mol. The summed E-state index contributed by atoms with van der Waals surface area (Å²) in [5.41, 5.74) is 1.64. The Balaban J connectivity index is 1.91. The molecule has 7 heteroatoms. The maximum Gasteiger partial charge on any atom is 0.342 e. The van der Waals surface area contributed by atoms with Crippen LogP contribution < -0.4 is 19.8 Å². The second-order valence-corrected chi connectivity index (χ2v) is 6.07. The number of fused-ring (bicyclic) bond motifs is 1. The van der Waals surface area contributed by atoms with E-state index in [1.165, 1.54) is 33.5 Å². The van der Waals surface area contributed by atoms with Crippen LogP contribution in [-0.4, -0.2) is 27.3 Å². The zero-order valence-electron chi connectivity index (χ0n) is 16.0. The number of esters is 1. The second-order valence-electron chi connectivity index (χ2n) is 6.07. The zero-order chi connectivity index (χ0) is 20.3. The van der Waals surface area contributed by atoms with Gasteiger partial charge in [-0.25, -0.2) is 9.59 Å². The molecule has 0 bridgehead atoms. The third-order valence-corrected chi connectivity index (χ3v) is 4.27. The van der Waals surface area contributed by atoms with Crippen molar-refractivity contribution in [2.75, 3.05) is 21.3 Å². The van der Waals surface area contributed by atoms with Gasteiger partial charge in [0.15, 0.2) is 11.5 Å². The minimum absolute atomic E-state index is 0.0957. The molecular weight excluding hydrogens is 364 g/mol. The number of hydrogen-bond acceptors (Lipinski definition) is 7. The highest BCUT2D eigenvalue weighted by atomic mass is 16.5. The van der Waals surface area contributed by atoms with Gasteiger partial charge in [0.2, 0.25) is 0 Å². The van der Waals surface area contributed by atoms with Crippen molar-refractivity contribution in [3.8, 4) is 17.2 Å². The van der Waals surface area contributed by atoms with E-state index in [9.17, 15) is 9.59 Å². The Hall–Kier alpha value is -3.48. The predicted octanol–water partition coefficient (Wildman–Crippen LogP) is 3.48. The van der Waals surface area contributed by atoms with Gasteiger partial charge in [-0.2, -0.15) is 0 Å². The maximum atomic E-state index is 12.6. The van der Waals surface area contributed by atoms with Gasteiger partial charge < -0.3 is 23.4 Å². The molecular formula is C21H20O7. The van der Waals surface area contributed by atoms with Crippen LogP contribution in [-0.2, 0) is 11.3 Å². The maximum absolute atomic E-state index is 12.6. The zero-order valence-corrected chi connectivity index (χ0v) is 16.0. The Morgan fingerprint density at radius 3 is 2.29 bits per heavy atom. The molecule has 2 aromatic carbocycles. The molecule has 1 heterocycles. The van der Waals surface area contributed by atoms with Crippen molar-refractivity contribution < 1.29 is 28.2 Å². The summed E-state index contributed by atoms with van der Waals surface area (Å²) in [6.45, 7) is 1.80. The van der Waals surface area contributed by atoms with Crippen LogP contribution in [0.5, 0.6) is 17.2 Å². The Morgan fingerprint density at radius 1 is 0.929 bits per heavy atom. The van der Waals surface area contributed by atoms with Crippen LogP contribution in [0.4, 0.5) is 0 Å². The van der Waals surface area contributed by atoms with Gasteiger partial charge in [-0.15, -0.1) is 0 Å². The largest absolute Gasteiger partial charge is 0.496 e. The summed E-state index contributed by atoms with van der Waals surface area (Å²) in [4.78, 5) is 24.5. The molecule has 1 aromatic heterocycles. The number of aryl methyl sites for hydroxylation is 1. The minimum Gasteiger partial charge on any atom is -0.496 e. The summed E-state index contributed by atoms with van der Waals surface area (Å²) < 4.78 is 26.4. The van der Waals surface area contributed by atoms with Crippen molar-refractivity contribution in [2.45, 2.75) is 13.5 Å². The number of methoxy groups -OCH3 is 3. The molecule has 0 saturated carbocycles. The van der Waals surface area contributed by atoms with Gasteiger partial charge >= 0.3 is 11.6 Å². The van der Waals surface area contributed by atoms with Crippen molar-refractivity contribution in [1.29, 1.82) is 0 Å². The molecule has 146 valence electrons. The van der Waals surface area contributed by atoms with Crippen molar-refractivity contribution in [3.63, 3.8) is 0 Å². The molecule has 7 nitrogen and oxygen atoms in total. The Bertz CT molecular complexity index is 1080. The van der Waals surface area contributed by atoms with Crippen LogP contribution in [0, 0.1) is 6.92 Å². The Morgan fingerprint density at radius 2 is 1.61 bits per heavy atom. The molecule has 3 aromatic rings. The fourth-order valence-corrected chi connectivity index (χ4v) is 2.87. The lowest BCUT2D eigenvalue weighted by molar-refractivity contribution is 0.0469. The molecule has 28 heavy (non-hydrogen) atoms. The third-order valence-electron chi connectivity index (χ3n) is 4.27. The predicted molar refractivity (Wildman–Crippen MR) is 102 cm³/mol. The number of ether oxygens (including phenoxy) is 4. The average Bonchev–Trinajstić information content (AvgIpc) is 2.70. The summed E-state index contributed by atoms with van der Waals surface area (Å²) in [5.74, 6) is 0.469. The second kappa shape index (κ2) is 8.04. The van der Waals surface area contributed by atoms with E-state index >= 15 is 0 Å². The van der Waals surface area contributed by atoms with E-state index in [1.807, 2.05) is 19.1 Å². The molecule has 0 aliphatic carbocycles. The van der Waals surface area contributed by atoms with Crippen LogP contribution in [0.3, 0.4) is 0 Å². The Labute approximate surface area is 161 Å². The van der Waals surface area contributed by atoms with E-state index in [2.05, 4.69) is 0 Å². The highest BCUT2D eigenvalue weighted by molar-refractivity contribution is 5.93. The molecule has 0 fully saturated rings. The number of benzene rings is 2. The lowest BCUT2D eigenvalue weighted by Crippen LogP contribution is -2.10.